The molecule has 4 nitrogen and oxygen atoms in total. The molecule has 4 heteroatoms. The summed E-state index contributed by atoms with van der Waals surface area (Å²) in [6.45, 7) is 8.09. The zero-order chi connectivity index (χ0) is 16.2. The van der Waals surface area contributed by atoms with Gasteiger partial charge in [-0.25, -0.2) is 0 Å². The number of nitrogens with one attached hydrogen (secondary N) is 1. The minimum Gasteiger partial charge on any atom is -0.377 e. The second-order valence-electron chi connectivity index (χ2n) is 5.82. The van der Waals surface area contributed by atoms with Crippen molar-refractivity contribution in [3.05, 3.63) is 82.9 Å². The molecule has 0 amide bonds. The van der Waals surface area contributed by atoms with Crippen LogP contribution in [0, 0.1) is 15.5 Å². The molecule has 0 radical (unpaired) electrons. The number of nitrogens with zero attached hydrogens (tertiary/aromatic N) is 1. The van der Waals surface area contributed by atoms with Crippen molar-refractivity contribution in [2.75, 3.05) is 5.32 Å². The molecule has 114 valence electrons. The molecule has 2 aromatic rings. The fraction of sp³-hybridized carbons (Fsp3) is 0.222. The first-order chi connectivity index (χ1) is 10.4. The van der Waals surface area contributed by atoms with E-state index in [-0.39, 0.29) is 22.1 Å². The third-order valence-electron chi connectivity index (χ3n) is 3.79. The van der Waals surface area contributed by atoms with Crippen LogP contribution in [0.3, 0.4) is 0 Å². The van der Waals surface area contributed by atoms with E-state index in [0.717, 1.165) is 11.3 Å². The van der Waals surface area contributed by atoms with Crippen molar-refractivity contribution in [3.8, 4) is 0 Å². The lowest BCUT2D eigenvalue weighted by Crippen LogP contribution is -2.26. The Hall–Kier alpha value is -2.62. The molecule has 0 aliphatic carbocycles. The summed E-state index contributed by atoms with van der Waals surface area (Å²) >= 11 is 0. The molecule has 1 N–H and O–H groups in total. The number of anilines is 1. The van der Waals surface area contributed by atoms with E-state index in [2.05, 4.69) is 25.7 Å². The highest BCUT2D eigenvalue weighted by molar-refractivity contribution is 5.47. The van der Waals surface area contributed by atoms with E-state index in [4.69, 9.17) is 0 Å². The van der Waals surface area contributed by atoms with Crippen LogP contribution in [0.5, 0.6) is 0 Å². The Morgan fingerprint density at radius 3 is 2.23 bits per heavy atom. The second-order valence-corrected chi connectivity index (χ2v) is 5.82. The number of benzene rings is 2. The summed E-state index contributed by atoms with van der Waals surface area (Å²) in [5.74, 6) is 0. The molecule has 0 saturated heterocycles. The molecule has 1 unspecified atom stereocenters. The van der Waals surface area contributed by atoms with Crippen LogP contribution in [0.1, 0.15) is 25.5 Å². The fourth-order valence-corrected chi connectivity index (χ4v) is 2.31. The SMILES string of the molecule is C=CC(C)(C)C(Nc1ccccc1)c1ccc([N+](=O)[O-])cc1. The van der Waals surface area contributed by atoms with E-state index in [1.807, 2.05) is 36.4 Å². The monoisotopic (exact) mass is 296 g/mol. The smallest absolute Gasteiger partial charge is 0.269 e. The average Bonchev–Trinajstić information content (AvgIpc) is 2.53. The molecule has 0 heterocycles. The number of hydrogen-bond acceptors (Lipinski definition) is 3. The van der Waals surface area contributed by atoms with Crippen LogP contribution in [0.15, 0.2) is 67.3 Å². The largest absolute Gasteiger partial charge is 0.377 e. The zero-order valence-corrected chi connectivity index (χ0v) is 12.8. The van der Waals surface area contributed by atoms with E-state index in [0.29, 0.717) is 0 Å². The molecule has 0 fully saturated rings. The molecule has 22 heavy (non-hydrogen) atoms. The summed E-state index contributed by atoms with van der Waals surface area (Å²) in [6, 6.07) is 16.5. The van der Waals surface area contributed by atoms with Crippen LogP contribution in [-0.2, 0) is 0 Å². The highest BCUT2D eigenvalue weighted by Crippen LogP contribution is 2.37. The first kappa shape index (κ1) is 15.8. The number of non-ortho nitro benzene ring substituents is 1. The molecular weight excluding hydrogens is 276 g/mol. The second kappa shape index (κ2) is 6.43. The van der Waals surface area contributed by atoms with Crippen LogP contribution in [0.25, 0.3) is 0 Å². The molecule has 0 saturated carbocycles. The van der Waals surface area contributed by atoms with Crippen molar-refractivity contribution in [3.63, 3.8) is 0 Å². The van der Waals surface area contributed by atoms with Gasteiger partial charge in [-0.3, -0.25) is 10.1 Å². The number of hydrogen-bond donors (Lipinski definition) is 1. The Kier molecular flexibility index (Phi) is 4.61. The maximum absolute atomic E-state index is 10.8. The standard InChI is InChI=1S/C18H20N2O2/c1-4-18(2,3)17(19-15-8-6-5-7-9-15)14-10-12-16(13-11-14)20(21)22/h4-13,17,19H,1H2,2-3H3. The van der Waals surface area contributed by atoms with Crippen molar-refractivity contribution in [2.24, 2.45) is 5.41 Å². The van der Waals surface area contributed by atoms with Gasteiger partial charge in [0.25, 0.3) is 5.69 Å². The summed E-state index contributed by atoms with van der Waals surface area (Å²) in [5, 5.41) is 14.3. The number of nitro groups is 1. The molecule has 2 aromatic carbocycles. The normalized spacial score (nSPS) is 12.5. The van der Waals surface area contributed by atoms with Gasteiger partial charge in [0.15, 0.2) is 0 Å². The maximum Gasteiger partial charge on any atom is 0.269 e. The highest BCUT2D eigenvalue weighted by atomic mass is 16.6. The highest BCUT2D eigenvalue weighted by Gasteiger charge is 2.28. The summed E-state index contributed by atoms with van der Waals surface area (Å²) in [6.07, 6.45) is 1.90. The van der Waals surface area contributed by atoms with Gasteiger partial charge in [0.05, 0.1) is 11.0 Å². The van der Waals surface area contributed by atoms with Gasteiger partial charge in [0, 0.05) is 23.2 Å². The first-order valence-electron chi connectivity index (χ1n) is 7.13. The van der Waals surface area contributed by atoms with Crippen LogP contribution >= 0.6 is 0 Å². The first-order valence-corrected chi connectivity index (χ1v) is 7.13. The van der Waals surface area contributed by atoms with Crippen molar-refractivity contribution in [1.82, 2.24) is 0 Å². The third-order valence-corrected chi connectivity index (χ3v) is 3.79. The molecular formula is C18H20N2O2. The van der Waals surface area contributed by atoms with E-state index >= 15 is 0 Å². The summed E-state index contributed by atoms with van der Waals surface area (Å²) < 4.78 is 0. The zero-order valence-electron chi connectivity index (χ0n) is 12.8. The van der Waals surface area contributed by atoms with Crippen LogP contribution in [0.4, 0.5) is 11.4 Å². The summed E-state index contributed by atoms with van der Waals surface area (Å²) in [4.78, 5) is 10.4. The maximum atomic E-state index is 10.8. The number of para-hydroxylation sites is 1. The lowest BCUT2D eigenvalue weighted by atomic mass is 9.80. The quantitative estimate of drug-likeness (QED) is 0.465. The Morgan fingerprint density at radius 1 is 1.14 bits per heavy atom. The molecule has 0 aliphatic rings. The van der Waals surface area contributed by atoms with Crippen LogP contribution in [0.2, 0.25) is 0 Å². The molecule has 0 aromatic heterocycles. The van der Waals surface area contributed by atoms with Crippen molar-refractivity contribution >= 4 is 11.4 Å². The third kappa shape index (κ3) is 3.52. The predicted octanol–water partition coefficient (Wildman–Crippen LogP) is 4.96. The lowest BCUT2D eigenvalue weighted by Gasteiger charge is -2.33. The number of rotatable bonds is 6. The van der Waals surface area contributed by atoms with Gasteiger partial charge in [0.2, 0.25) is 0 Å². The summed E-state index contributed by atoms with van der Waals surface area (Å²) in [7, 11) is 0. The van der Waals surface area contributed by atoms with Gasteiger partial charge in [-0.2, -0.15) is 0 Å². The van der Waals surface area contributed by atoms with E-state index in [1.54, 1.807) is 12.1 Å². The van der Waals surface area contributed by atoms with Crippen molar-refractivity contribution < 1.29 is 4.92 Å². The van der Waals surface area contributed by atoms with Crippen molar-refractivity contribution in [2.45, 2.75) is 19.9 Å². The summed E-state index contributed by atoms with van der Waals surface area (Å²) in [5.41, 5.74) is 1.87. The van der Waals surface area contributed by atoms with E-state index < -0.39 is 0 Å². The Morgan fingerprint density at radius 2 is 1.73 bits per heavy atom. The molecule has 0 bridgehead atoms. The van der Waals surface area contributed by atoms with Gasteiger partial charge >= 0.3 is 0 Å². The van der Waals surface area contributed by atoms with Gasteiger partial charge in [-0.05, 0) is 17.7 Å². The van der Waals surface area contributed by atoms with Crippen LogP contribution in [-0.4, -0.2) is 4.92 Å². The van der Waals surface area contributed by atoms with Gasteiger partial charge in [0.1, 0.15) is 0 Å². The molecule has 0 aliphatic heterocycles. The van der Waals surface area contributed by atoms with Gasteiger partial charge < -0.3 is 5.32 Å². The predicted molar refractivity (Wildman–Crippen MR) is 89.9 cm³/mol. The average molecular weight is 296 g/mol. The lowest BCUT2D eigenvalue weighted by molar-refractivity contribution is -0.384. The fourth-order valence-electron chi connectivity index (χ4n) is 2.31. The minimum atomic E-state index is -0.387. The Balaban J connectivity index is 2.36. The Bertz CT molecular complexity index is 649. The Labute approximate surface area is 130 Å². The van der Waals surface area contributed by atoms with Crippen LogP contribution < -0.4 is 5.32 Å². The van der Waals surface area contributed by atoms with E-state index in [9.17, 15) is 10.1 Å². The van der Waals surface area contributed by atoms with E-state index in [1.165, 1.54) is 12.1 Å². The van der Waals surface area contributed by atoms with Gasteiger partial charge in [-0.15, -0.1) is 6.58 Å². The van der Waals surface area contributed by atoms with Crippen molar-refractivity contribution in [1.29, 1.82) is 0 Å². The van der Waals surface area contributed by atoms with Gasteiger partial charge in [-0.1, -0.05) is 50.3 Å². The topological polar surface area (TPSA) is 55.2 Å². The molecule has 0 spiro atoms. The molecule has 1 atom stereocenters. The number of nitro benzene ring substituents is 1. The minimum absolute atomic E-state index is 0.0341. The molecule has 2 rings (SSSR count).